The number of hydrogen-bond donors (Lipinski definition) is 2. The number of halogens is 1. The summed E-state index contributed by atoms with van der Waals surface area (Å²) in [4.78, 5) is 12.5. The number of carbonyl (C=O) groups is 1. The molecular formula is C17H25ClN2O. The molecule has 0 radical (unpaired) electrons. The molecule has 0 bridgehead atoms. The fraction of sp³-hybridized carbons (Fsp3) is 0.588. The minimum atomic E-state index is -0.341. The van der Waals surface area contributed by atoms with Crippen molar-refractivity contribution in [2.24, 2.45) is 17.1 Å². The van der Waals surface area contributed by atoms with Crippen molar-refractivity contribution < 1.29 is 4.79 Å². The van der Waals surface area contributed by atoms with Gasteiger partial charge in [0.1, 0.15) is 0 Å². The first-order chi connectivity index (χ1) is 10.1. The lowest BCUT2D eigenvalue weighted by Crippen LogP contribution is -2.48. The van der Waals surface area contributed by atoms with Crippen LogP contribution in [0.3, 0.4) is 0 Å². The number of nitrogens with two attached hydrogens (primary N) is 1. The average Bonchev–Trinajstić information content (AvgIpc) is 2.50. The molecule has 3 N–H and O–H groups in total. The number of rotatable bonds is 5. The predicted octanol–water partition coefficient (Wildman–Crippen LogP) is 3.15. The first-order valence-corrected chi connectivity index (χ1v) is 8.16. The van der Waals surface area contributed by atoms with Crippen molar-refractivity contribution >= 4 is 17.5 Å². The van der Waals surface area contributed by atoms with E-state index in [1.807, 2.05) is 24.3 Å². The lowest BCUT2D eigenvalue weighted by atomic mass is 9.70. The second kappa shape index (κ2) is 7.28. The van der Waals surface area contributed by atoms with Crippen LogP contribution in [0.4, 0.5) is 0 Å². The normalized spacial score (nSPS) is 25.6. The molecule has 1 saturated carbocycles. The van der Waals surface area contributed by atoms with Crippen LogP contribution in [0.1, 0.15) is 38.2 Å². The Morgan fingerprint density at radius 1 is 1.33 bits per heavy atom. The Kier molecular flexibility index (Phi) is 5.65. The Morgan fingerprint density at radius 3 is 2.52 bits per heavy atom. The Balaban J connectivity index is 1.84. The SMILES string of the molecule is CC1CCC(CN)(C(=O)NCCc2ccc(Cl)cc2)CC1. The Labute approximate surface area is 132 Å². The third-order valence-corrected chi connectivity index (χ3v) is 4.97. The minimum Gasteiger partial charge on any atom is -0.355 e. The van der Waals surface area contributed by atoms with Gasteiger partial charge in [-0.15, -0.1) is 0 Å². The largest absolute Gasteiger partial charge is 0.355 e. The van der Waals surface area contributed by atoms with Crippen molar-refractivity contribution in [3.8, 4) is 0 Å². The van der Waals surface area contributed by atoms with E-state index >= 15 is 0 Å². The van der Waals surface area contributed by atoms with E-state index in [4.69, 9.17) is 17.3 Å². The second-order valence-corrected chi connectivity index (χ2v) is 6.74. The topological polar surface area (TPSA) is 55.1 Å². The maximum Gasteiger partial charge on any atom is 0.227 e. The fourth-order valence-electron chi connectivity index (χ4n) is 3.00. The van der Waals surface area contributed by atoms with Gasteiger partial charge in [-0.05, 0) is 55.7 Å². The molecule has 0 aliphatic heterocycles. The molecule has 116 valence electrons. The molecule has 0 unspecified atom stereocenters. The van der Waals surface area contributed by atoms with Crippen molar-refractivity contribution in [1.29, 1.82) is 0 Å². The summed E-state index contributed by atoms with van der Waals surface area (Å²) in [7, 11) is 0. The molecule has 0 aromatic heterocycles. The summed E-state index contributed by atoms with van der Waals surface area (Å²) >= 11 is 5.86. The molecule has 2 rings (SSSR count). The number of carbonyl (C=O) groups excluding carboxylic acids is 1. The lowest BCUT2D eigenvalue weighted by Gasteiger charge is -2.37. The quantitative estimate of drug-likeness (QED) is 0.878. The highest BCUT2D eigenvalue weighted by molar-refractivity contribution is 6.30. The zero-order chi connectivity index (χ0) is 15.3. The molecule has 0 atom stereocenters. The average molecular weight is 309 g/mol. The molecule has 1 aliphatic rings. The summed E-state index contributed by atoms with van der Waals surface area (Å²) in [5.41, 5.74) is 6.75. The molecule has 1 fully saturated rings. The molecule has 3 nitrogen and oxygen atoms in total. The van der Waals surface area contributed by atoms with Crippen LogP contribution >= 0.6 is 11.6 Å². The van der Waals surface area contributed by atoms with Crippen molar-refractivity contribution in [1.82, 2.24) is 5.32 Å². The van der Waals surface area contributed by atoms with Gasteiger partial charge in [-0.1, -0.05) is 30.7 Å². The zero-order valence-corrected chi connectivity index (χ0v) is 13.5. The molecule has 4 heteroatoms. The molecule has 1 amide bonds. The van der Waals surface area contributed by atoms with Gasteiger partial charge < -0.3 is 11.1 Å². The van der Waals surface area contributed by atoms with Crippen LogP contribution in [0.15, 0.2) is 24.3 Å². The van der Waals surface area contributed by atoms with E-state index in [0.29, 0.717) is 19.0 Å². The molecule has 1 aromatic carbocycles. The van der Waals surface area contributed by atoms with E-state index in [-0.39, 0.29) is 11.3 Å². The minimum absolute atomic E-state index is 0.130. The fourth-order valence-corrected chi connectivity index (χ4v) is 3.12. The lowest BCUT2D eigenvalue weighted by molar-refractivity contribution is -0.132. The number of nitrogens with one attached hydrogen (secondary N) is 1. The van der Waals surface area contributed by atoms with Crippen LogP contribution < -0.4 is 11.1 Å². The number of benzene rings is 1. The Hall–Kier alpha value is -1.06. The van der Waals surface area contributed by atoms with Gasteiger partial charge >= 0.3 is 0 Å². The van der Waals surface area contributed by atoms with E-state index in [1.54, 1.807) is 0 Å². The first kappa shape index (κ1) is 16.3. The first-order valence-electron chi connectivity index (χ1n) is 7.78. The van der Waals surface area contributed by atoms with Crippen molar-refractivity contribution in [3.63, 3.8) is 0 Å². The van der Waals surface area contributed by atoms with E-state index in [2.05, 4.69) is 12.2 Å². The monoisotopic (exact) mass is 308 g/mol. The molecule has 1 aromatic rings. The third-order valence-electron chi connectivity index (χ3n) is 4.72. The summed E-state index contributed by atoms with van der Waals surface area (Å²) in [5, 5.41) is 3.81. The number of hydrogen-bond acceptors (Lipinski definition) is 2. The van der Waals surface area contributed by atoms with Crippen LogP contribution in [0.2, 0.25) is 5.02 Å². The molecule has 1 aliphatic carbocycles. The highest BCUT2D eigenvalue weighted by Crippen LogP contribution is 2.38. The van der Waals surface area contributed by atoms with Crippen molar-refractivity contribution in [3.05, 3.63) is 34.9 Å². The van der Waals surface area contributed by atoms with Gasteiger partial charge in [0.05, 0.1) is 5.41 Å². The Morgan fingerprint density at radius 2 is 1.95 bits per heavy atom. The smallest absolute Gasteiger partial charge is 0.227 e. The van der Waals surface area contributed by atoms with Gasteiger partial charge in [0.2, 0.25) is 5.91 Å². The van der Waals surface area contributed by atoms with Crippen LogP contribution in [-0.2, 0) is 11.2 Å². The third kappa shape index (κ3) is 4.21. The highest BCUT2D eigenvalue weighted by Gasteiger charge is 2.39. The van der Waals surface area contributed by atoms with Gasteiger partial charge in [0.25, 0.3) is 0 Å². The van der Waals surface area contributed by atoms with Crippen molar-refractivity contribution in [2.75, 3.05) is 13.1 Å². The zero-order valence-electron chi connectivity index (χ0n) is 12.7. The molecule has 21 heavy (non-hydrogen) atoms. The predicted molar refractivity (Wildman–Crippen MR) is 87.3 cm³/mol. The molecule has 0 heterocycles. The van der Waals surface area contributed by atoms with E-state index in [0.717, 1.165) is 37.1 Å². The maximum absolute atomic E-state index is 12.5. The summed E-state index contributed by atoms with van der Waals surface area (Å²) in [5.74, 6) is 0.845. The van der Waals surface area contributed by atoms with Crippen LogP contribution in [0.25, 0.3) is 0 Å². The summed E-state index contributed by atoms with van der Waals surface area (Å²) in [6.45, 7) is 3.35. The van der Waals surface area contributed by atoms with Gasteiger partial charge in [0, 0.05) is 18.1 Å². The standard InChI is InChI=1S/C17H25ClN2O/c1-13-6-9-17(12-19,10-7-13)16(21)20-11-8-14-2-4-15(18)5-3-14/h2-5,13H,6-12,19H2,1H3,(H,20,21). The van der Waals surface area contributed by atoms with Crippen molar-refractivity contribution in [2.45, 2.75) is 39.0 Å². The highest BCUT2D eigenvalue weighted by atomic mass is 35.5. The van der Waals surface area contributed by atoms with E-state index in [1.165, 1.54) is 5.56 Å². The summed E-state index contributed by atoms with van der Waals surface area (Å²) in [6.07, 6.45) is 4.85. The van der Waals surface area contributed by atoms with Crippen LogP contribution in [0, 0.1) is 11.3 Å². The van der Waals surface area contributed by atoms with Gasteiger partial charge in [-0.3, -0.25) is 4.79 Å². The summed E-state index contributed by atoms with van der Waals surface area (Å²) < 4.78 is 0. The summed E-state index contributed by atoms with van der Waals surface area (Å²) in [6, 6.07) is 7.75. The number of amides is 1. The van der Waals surface area contributed by atoms with E-state index < -0.39 is 0 Å². The second-order valence-electron chi connectivity index (χ2n) is 6.30. The maximum atomic E-state index is 12.5. The van der Waals surface area contributed by atoms with Crippen LogP contribution in [-0.4, -0.2) is 19.0 Å². The molecule has 0 spiro atoms. The van der Waals surface area contributed by atoms with Gasteiger partial charge in [0.15, 0.2) is 0 Å². The van der Waals surface area contributed by atoms with E-state index in [9.17, 15) is 4.79 Å². The van der Waals surface area contributed by atoms with Gasteiger partial charge in [-0.25, -0.2) is 0 Å². The molecule has 0 saturated heterocycles. The van der Waals surface area contributed by atoms with Crippen LogP contribution in [0.5, 0.6) is 0 Å². The Bertz CT molecular complexity index is 464. The molecular weight excluding hydrogens is 284 g/mol. The van der Waals surface area contributed by atoms with Gasteiger partial charge in [-0.2, -0.15) is 0 Å².